The lowest BCUT2D eigenvalue weighted by atomic mass is 10.0. The zero-order valence-electron chi connectivity index (χ0n) is 12.9. The van der Waals surface area contributed by atoms with Gasteiger partial charge in [-0.1, -0.05) is 32.0 Å². The molecule has 1 aromatic heterocycles. The van der Waals surface area contributed by atoms with Crippen LogP contribution < -0.4 is 10.2 Å². The van der Waals surface area contributed by atoms with E-state index in [4.69, 9.17) is 0 Å². The van der Waals surface area contributed by atoms with Crippen LogP contribution in [0.5, 0.6) is 0 Å². The molecular weight excluding hydrogens is 262 g/mol. The summed E-state index contributed by atoms with van der Waals surface area (Å²) in [6.07, 6.45) is 1.65. The van der Waals surface area contributed by atoms with Gasteiger partial charge >= 0.3 is 0 Å². The molecule has 0 aliphatic carbocycles. The van der Waals surface area contributed by atoms with Crippen molar-refractivity contribution in [1.29, 1.82) is 0 Å². The minimum Gasteiger partial charge on any atom is -0.363 e. The summed E-state index contributed by atoms with van der Waals surface area (Å²) < 4.78 is 0. The van der Waals surface area contributed by atoms with E-state index in [-0.39, 0.29) is 5.91 Å². The average molecular weight is 283 g/mol. The Labute approximate surface area is 125 Å². The molecule has 4 heteroatoms. The molecule has 0 aliphatic heterocycles. The number of carbonyl (C=O) groups is 1. The van der Waals surface area contributed by atoms with Crippen LogP contribution in [-0.2, 0) is 0 Å². The van der Waals surface area contributed by atoms with Crippen molar-refractivity contribution in [1.82, 2.24) is 4.98 Å². The molecule has 0 saturated heterocycles. The van der Waals surface area contributed by atoms with Crippen molar-refractivity contribution < 1.29 is 4.79 Å². The Kier molecular flexibility index (Phi) is 4.58. The predicted molar refractivity (Wildman–Crippen MR) is 87.0 cm³/mol. The van der Waals surface area contributed by atoms with Crippen molar-refractivity contribution in [3.8, 4) is 0 Å². The van der Waals surface area contributed by atoms with E-state index in [9.17, 15) is 4.79 Å². The summed E-state index contributed by atoms with van der Waals surface area (Å²) in [5.74, 6) is 1.00. The third-order valence-corrected chi connectivity index (χ3v) is 3.30. The first-order chi connectivity index (χ1) is 9.99. The molecule has 0 unspecified atom stereocenters. The molecule has 0 aliphatic rings. The number of nitrogens with zero attached hydrogens (tertiary/aromatic N) is 2. The van der Waals surface area contributed by atoms with Gasteiger partial charge in [-0.25, -0.2) is 4.98 Å². The van der Waals surface area contributed by atoms with Crippen LogP contribution >= 0.6 is 0 Å². The highest BCUT2D eigenvalue weighted by atomic mass is 16.1. The number of benzene rings is 1. The molecule has 1 aromatic carbocycles. The van der Waals surface area contributed by atoms with Gasteiger partial charge in [0.05, 0.1) is 0 Å². The number of carbonyl (C=O) groups excluding carboxylic acids is 1. The largest absolute Gasteiger partial charge is 0.363 e. The minimum absolute atomic E-state index is 0.117. The third-order valence-electron chi connectivity index (χ3n) is 3.30. The number of para-hydroxylation sites is 1. The fraction of sp³-hybridized carbons (Fsp3) is 0.294. The molecule has 2 aromatic rings. The van der Waals surface area contributed by atoms with Crippen LogP contribution in [-0.4, -0.2) is 25.0 Å². The van der Waals surface area contributed by atoms with E-state index in [1.807, 2.05) is 43.3 Å². The van der Waals surface area contributed by atoms with Gasteiger partial charge in [0.2, 0.25) is 0 Å². The Bertz CT molecular complexity index is 635. The van der Waals surface area contributed by atoms with Gasteiger partial charge in [0.25, 0.3) is 5.91 Å². The molecule has 1 amide bonds. The van der Waals surface area contributed by atoms with E-state index in [2.05, 4.69) is 24.1 Å². The van der Waals surface area contributed by atoms with Crippen LogP contribution in [0.4, 0.5) is 11.5 Å². The maximum atomic E-state index is 12.4. The smallest absolute Gasteiger partial charge is 0.255 e. The lowest BCUT2D eigenvalue weighted by Crippen LogP contribution is -2.16. The van der Waals surface area contributed by atoms with E-state index in [1.165, 1.54) is 0 Å². The molecule has 110 valence electrons. The van der Waals surface area contributed by atoms with Gasteiger partial charge in [0.1, 0.15) is 5.82 Å². The van der Waals surface area contributed by atoms with E-state index >= 15 is 0 Å². The molecule has 0 atom stereocenters. The highest BCUT2D eigenvalue weighted by Gasteiger charge is 2.11. The van der Waals surface area contributed by atoms with Crippen molar-refractivity contribution in [3.05, 3.63) is 53.7 Å². The zero-order chi connectivity index (χ0) is 15.4. The molecule has 4 nitrogen and oxygen atoms in total. The highest BCUT2D eigenvalue weighted by Crippen LogP contribution is 2.24. The van der Waals surface area contributed by atoms with E-state index in [0.29, 0.717) is 11.5 Å². The molecular formula is C17H21N3O. The molecule has 0 spiro atoms. The molecule has 21 heavy (non-hydrogen) atoms. The first-order valence-corrected chi connectivity index (χ1v) is 7.02. The minimum atomic E-state index is -0.117. The van der Waals surface area contributed by atoms with Crippen LogP contribution in [0.15, 0.2) is 42.6 Å². The fourth-order valence-electron chi connectivity index (χ4n) is 2.11. The number of hydrogen-bond donors (Lipinski definition) is 1. The zero-order valence-corrected chi connectivity index (χ0v) is 12.9. The second kappa shape index (κ2) is 6.39. The maximum absolute atomic E-state index is 12.4. The third kappa shape index (κ3) is 3.60. The lowest BCUT2D eigenvalue weighted by Gasteiger charge is -2.15. The fourth-order valence-corrected chi connectivity index (χ4v) is 2.11. The topological polar surface area (TPSA) is 45.2 Å². The van der Waals surface area contributed by atoms with Crippen LogP contribution in [0.25, 0.3) is 0 Å². The summed E-state index contributed by atoms with van der Waals surface area (Å²) in [6, 6.07) is 11.4. The molecule has 0 radical (unpaired) electrons. The molecule has 1 N–H and O–H groups in total. The highest BCUT2D eigenvalue weighted by molar-refractivity contribution is 6.05. The van der Waals surface area contributed by atoms with Crippen LogP contribution in [0, 0.1) is 0 Å². The predicted octanol–water partition coefficient (Wildman–Crippen LogP) is 3.52. The quantitative estimate of drug-likeness (QED) is 0.933. The van der Waals surface area contributed by atoms with Gasteiger partial charge in [-0.15, -0.1) is 0 Å². The van der Waals surface area contributed by atoms with E-state index in [0.717, 1.165) is 17.1 Å². The summed E-state index contributed by atoms with van der Waals surface area (Å²) in [6.45, 7) is 4.23. The van der Waals surface area contributed by atoms with Crippen LogP contribution in [0.3, 0.4) is 0 Å². The molecule has 0 fully saturated rings. The number of anilines is 2. The maximum Gasteiger partial charge on any atom is 0.255 e. The number of amides is 1. The summed E-state index contributed by atoms with van der Waals surface area (Å²) in [5, 5.41) is 2.99. The summed E-state index contributed by atoms with van der Waals surface area (Å²) in [7, 11) is 3.80. The number of rotatable bonds is 4. The average Bonchev–Trinajstić information content (AvgIpc) is 2.47. The van der Waals surface area contributed by atoms with Crippen molar-refractivity contribution in [2.45, 2.75) is 19.8 Å². The molecule has 2 rings (SSSR count). The first-order valence-electron chi connectivity index (χ1n) is 7.02. The molecule has 0 saturated carbocycles. The van der Waals surface area contributed by atoms with E-state index in [1.54, 1.807) is 18.3 Å². The van der Waals surface area contributed by atoms with Crippen LogP contribution in [0.2, 0.25) is 0 Å². The lowest BCUT2D eigenvalue weighted by molar-refractivity contribution is 0.102. The number of hydrogen-bond acceptors (Lipinski definition) is 3. The van der Waals surface area contributed by atoms with E-state index < -0.39 is 0 Å². The Balaban J connectivity index is 2.24. The van der Waals surface area contributed by atoms with Gasteiger partial charge in [-0.2, -0.15) is 0 Å². The molecule has 0 bridgehead atoms. The number of aromatic nitrogens is 1. The first kappa shape index (κ1) is 15.0. The SMILES string of the molecule is CC(C)c1ccccc1NC(=O)c1ccnc(N(C)C)c1. The van der Waals surface area contributed by atoms with Crippen LogP contribution in [0.1, 0.15) is 35.7 Å². The Hall–Kier alpha value is -2.36. The van der Waals surface area contributed by atoms with Gasteiger partial charge in [-0.05, 0) is 29.7 Å². The normalized spacial score (nSPS) is 10.5. The van der Waals surface area contributed by atoms with Crippen molar-refractivity contribution in [2.24, 2.45) is 0 Å². The Morgan fingerprint density at radius 3 is 2.57 bits per heavy atom. The Morgan fingerprint density at radius 2 is 1.90 bits per heavy atom. The number of nitrogens with one attached hydrogen (secondary N) is 1. The standard InChI is InChI=1S/C17H21N3O/c1-12(2)14-7-5-6-8-15(14)19-17(21)13-9-10-18-16(11-13)20(3)4/h5-12H,1-4H3,(H,19,21). The second-order valence-electron chi connectivity index (χ2n) is 5.49. The van der Waals surface area contributed by atoms with Crippen molar-refractivity contribution >= 4 is 17.4 Å². The van der Waals surface area contributed by atoms with Gasteiger partial charge in [-0.3, -0.25) is 4.79 Å². The second-order valence-corrected chi connectivity index (χ2v) is 5.49. The summed E-state index contributed by atoms with van der Waals surface area (Å²) >= 11 is 0. The van der Waals surface area contributed by atoms with Crippen molar-refractivity contribution in [2.75, 3.05) is 24.3 Å². The Morgan fingerprint density at radius 1 is 1.19 bits per heavy atom. The summed E-state index contributed by atoms with van der Waals surface area (Å²) in [4.78, 5) is 18.5. The number of pyridine rings is 1. The molecule has 1 heterocycles. The van der Waals surface area contributed by atoms with Gasteiger partial charge in [0, 0.05) is 31.5 Å². The van der Waals surface area contributed by atoms with Gasteiger partial charge < -0.3 is 10.2 Å². The van der Waals surface area contributed by atoms with Gasteiger partial charge in [0.15, 0.2) is 0 Å². The monoisotopic (exact) mass is 283 g/mol. The summed E-state index contributed by atoms with van der Waals surface area (Å²) in [5.41, 5.74) is 2.60. The van der Waals surface area contributed by atoms with Crippen molar-refractivity contribution in [3.63, 3.8) is 0 Å².